The highest BCUT2D eigenvalue weighted by Crippen LogP contribution is 2.41. The number of hydrogen-bond donors (Lipinski definition) is 0. The molecule has 0 bridgehead atoms. The molecule has 102 valence electrons. The van der Waals surface area contributed by atoms with Crippen molar-refractivity contribution in [3.8, 4) is 0 Å². The fraction of sp³-hybridized carbons (Fsp3) is 0.667. The minimum atomic E-state index is -0.350. The largest absolute Gasteiger partial charge is 0.514 e. The standard InChI is InChI=1S/C15H22BNO2/c1-10-8-13(17-9-12(10)11-6-7-11)16-18-14(2,3)15(4,5)19-16/h8-9,11H,6-7H2,1-5H3. The van der Waals surface area contributed by atoms with E-state index < -0.39 is 0 Å². The lowest BCUT2D eigenvalue weighted by Crippen LogP contribution is -2.41. The fourth-order valence-corrected chi connectivity index (χ4v) is 2.50. The maximum atomic E-state index is 6.04. The molecule has 0 amide bonds. The molecule has 2 heterocycles. The summed E-state index contributed by atoms with van der Waals surface area (Å²) in [4.78, 5) is 4.56. The lowest BCUT2D eigenvalue weighted by atomic mass is 9.83. The molecule has 0 unspecified atom stereocenters. The zero-order valence-corrected chi connectivity index (χ0v) is 12.5. The fourth-order valence-electron chi connectivity index (χ4n) is 2.50. The molecule has 1 aliphatic carbocycles. The molecule has 4 heteroatoms. The van der Waals surface area contributed by atoms with Crippen LogP contribution in [0, 0.1) is 6.92 Å². The monoisotopic (exact) mass is 259 g/mol. The molecule has 0 N–H and O–H groups in total. The Labute approximate surface area is 115 Å². The second kappa shape index (κ2) is 4.06. The van der Waals surface area contributed by atoms with Gasteiger partial charge in [-0.05, 0) is 70.6 Å². The summed E-state index contributed by atoms with van der Waals surface area (Å²) in [6.07, 6.45) is 4.62. The Morgan fingerprint density at radius 2 is 1.74 bits per heavy atom. The van der Waals surface area contributed by atoms with Gasteiger partial charge in [-0.3, -0.25) is 4.98 Å². The van der Waals surface area contributed by atoms with Crippen molar-refractivity contribution in [2.45, 2.75) is 64.6 Å². The first kappa shape index (κ1) is 13.1. The van der Waals surface area contributed by atoms with Gasteiger partial charge in [-0.25, -0.2) is 0 Å². The Morgan fingerprint density at radius 3 is 2.21 bits per heavy atom. The number of aromatic nitrogens is 1. The van der Waals surface area contributed by atoms with E-state index in [-0.39, 0.29) is 18.3 Å². The van der Waals surface area contributed by atoms with Crippen LogP contribution in [0.2, 0.25) is 0 Å². The third kappa shape index (κ3) is 2.21. The van der Waals surface area contributed by atoms with Crippen molar-refractivity contribution in [1.29, 1.82) is 0 Å². The summed E-state index contributed by atoms with van der Waals surface area (Å²) in [6, 6.07) is 2.12. The van der Waals surface area contributed by atoms with Crippen molar-refractivity contribution < 1.29 is 9.31 Å². The van der Waals surface area contributed by atoms with Crippen LogP contribution in [0.25, 0.3) is 0 Å². The van der Waals surface area contributed by atoms with Gasteiger partial charge in [-0.1, -0.05) is 0 Å². The van der Waals surface area contributed by atoms with Crippen molar-refractivity contribution in [2.75, 3.05) is 0 Å². The van der Waals surface area contributed by atoms with Crippen LogP contribution in [0.1, 0.15) is 57.6 Å². The quantitative estimate of drug-likeness (QED) is 0.765. The summed E-state index contributed by atoms with van der Waals surface area (Å²) in [5.41, 5.74) is 2.98. The van der Waals surface area contributed by atoms with Crippen molar-refractivity contribution in [1.82, 2.24) is 4.98 Å². The van der Waals surface area contributed by atoms with E-state index in [1.165, 1.54) is 24.0 Å². The summed E-state index contributed by atoms with van der Waals surface area (Å²) in [7, 11) is -0.350. The van der Waals surface area contributed by atoms with E-state index in [9.17, 15) is 0 Å². The highest BCUT2D eigenvalue weighted by Gasteiger charge is 2.52. The second-order valence-electron chi connectivity index (χ2n) is 6.83. The van der Waals surface area contributed by atoms with Gasteiger partial charge in [0.25, 0.3) is 0 Å². The molecule has 3 nitrogen and oxygen atoms in total. The zero-order chi connectivity index (χ0) is 13.8. The summed E-state index contributed by atoms with van der Waals surface area (Å²) in [5, 5.41) is 0. The van der Waals surface area contributed by atoms with Crippen molar-refractivity contribution in [3.63, 3.8) is 0 Å². The smallest absolute Gasteiger partial charge is 0.398 e. The summed E-state index contributed by atoms with van der Waals surface area (Å²) in [6.45, 7) is 10.4. The zero-order valence-electron chi connectivity index (χ0n) is 12.5. The van der Waals surface area contributed by atoms with E-state index in [1.807, 2.05) is 6.20 Å². The third-order valence-electron chi connectivity index (χ3n) is 4.68. The van der Waals surface area contributed by atoms with E-state index in [2.05, 4.69) is 45.7 Å². The molecule has 3 rings (SSSR count). The van der Waals surface area contributed by atoms with Crippen molar-refractivity contribution in [2.24, 2.45) is 0 Å². The van der Waals surface area contributed by atoms with E-state index >= 15 is 0 Å². The predicted octanol–water partition coefficient (Wildman–Crippen LogP) is 2.57. The van der Waals surface area contributed by atoms with Gasteiger partial charge in [0, 0.05) is 6.20 Å². The molecule has 0 aromatic carbocycles. The van der Waals surface area contributed by atoms with Gasteiger partial charge >= 0.3 is 7.12 Å². The minimum absolute atomic E-state index is 0.303. The lowest BCUT2D eigenvalue weighted by Gasteiger charge is -2.32. The van der Waals surface area contributed by atoms with E-state index in [1.54, 1.807) is 0 Å². The molecule has 1 aromatic rings. The van der Waals surface area contributed by atoms with Gasteiger partial charge in [0.2, 0.25) is 0 Å². The second-order valence-corrected chi connectivity index (χ2v) is 6.83. The maximum Gasteiger partial charge on any atom is 0.514 e. The van der Waals surface area contributed by atoms with E-state index in [0.29, 0.717) is 0 Å². The Morgan fingerprint density at radius 1 is 1.16 bits per heavy atom. The van der Waals surface area contributed by atoms with Gasteiger partial charge < -0.3 is 9.31 Å². The average molecular weight is 259 g/mol. The summed E-state index contributed by atoms with van der Waals surface area (Å²) in [5.74, 6) is 0.736. The third-order valence-corrected chi connectivity index (χ3v) is 4.68. The van der Waals surface area contributed by atoms with Crippen LogP contribution in [0.3, 0.4) is 0 Å². The van der Waals surface area contributed by atoms with Gasteiger partial charge in [0.1, 0.15) is 0 Å². The normalized spacial score (nSPS) is 24.8. The molecule has 0 spiro atoms. The SMILES string of the molecule is Cc1cc(B2OC(C)(C)C(C)(C)O2)ncc1C1CC1. The Bertz CT molecular complexity index is 493. The van der Waals surface area contributed by atoms with Gasteiger partial charge in [0.15, 0.2) is 0 Å². The lowest BCUT2D eigenvalue weighted by molar-refractivity contribution is 0.00578. The molecule has 1 aliphatic heterocycles. The number of nitrogens with zero attached hydrogens (tertiary/aromatic N) is 1. The molecule has 0 radical (unpaired) electrons. The number of hydrogen-bond acceptors (Lipinski definition) is 3. The molecule has 2 fully saturated rings. The molecule has 1 saturated carbocycles. The van der Waals surface area contributed by atoms with Crippen LogP contribution in [0.4, 0.5) is 0 Å². The summed E-state index contributed by atoms with van der Waals surface area (Å²) < 4.78 is 12.1. The summed E-state index contributed by atoms with van der Waals surface area (Å²) >= 11 is 0. The highest BCUT2D eigenvalue weighted by molar-refractivity contribution is 6.61. The number of rotatable bonds is 2. The van der Waals surface area contributed by atoms with Crippen LogP contribution in [-0.4, -0.2) is 23.3 Å². The molecular formula is C15H22BNO2. The van der Waals surface area contributed by atoms with Crippen molar-refractivity contribution in [3.05, 3.63) is 23.4 Å². The predicted molar refractivity (Wildman–Crippen MR) is 76.7 cm³/mol. The first-order valence-electron chi connectivity index (χ1n) is 7.12. The molecule has 1 saturated heterocycles. The molecule has 1 aromatic heterocycles. The van der Waals surface area contributed by atoms with Gasteiger partial charge in [-0.15, -0.1) is 0 Å². The average Bonchev–Trinajstić information content (AvgIpc) is 3.07. The van der Waals surface area contributed by atoms with E-state index in [0.717, 1.165) is 11.5 Å². The van der Waals surface area contributed by atoms with Crippen LogP contribution < -0.4 is 5.59 Å². The Kier molecular flexibility index (Phi) is 2.81. The van der Waals surface area contributed by atoms with Gasteiger partial charge in [-0.2, -0.15) is 0 Å². The highest BCUT2D eigenvalue weighted by atomic mass is 16.7. The van der Waals surface area contributed by atoms with Crippen molar-refractivity contribution >= 4 is 12.7 Å². The Balaban J connectivity index is 1.86. The van der Waals surface area contributed by atoms with Gasteiger partial charge in [0.05, 0.1) is 16.8 Å². The first-order chi connectivity index (χ1) is 8.80. The number of aryl methyl sites for hydroxylation is 1. The van der Waals surface area contributed by atoms with E-state index in [4.69, 9.17) is 9.31 Å². The Hall–Kier alpha value is -0.865. The molecule has 19 heavy (non-hydrogen) atoms. The van der Waals surface area contributed by atoms with Crippen LogP contribution in [-0.2, 0) is 9.31 Å². The van der Waals surface area contributed by atoms with Crippen LogP contribution in [0.5, 0.6) is 0 Å². The first-order valence-corrected chi connectivity index (χ1v) is 7.12. The van der Waals surface area contributed by atoms with Crippen LogP contribution in [0.15, 0.2) is 12.3 Å². The molecular weight excluding hydrogens is 237 g/mol. The minimum Gasteiger partial charge on any atom is -0.398 e. The number of pyridine rings is 1. The molecule has 2 aliphatic rings. The topological polar surface area (TPSA) is 31.4 Å². The molecule has 0 atom stereocenters. The van der Waals surface area contributed by atoms with Crippen LogP contribution >= 0.6 is 0 Å². The maximum absolute atomic E-state index is 6.04.